The molecule has 0 saturated carbocycles. The molecule has 1 heterocycles. The van der Waals surface area contributed by atoms with Crippen LogP contribution in [0.15, 0.2) is 52.7 Å². The van der Waals surface area contributed by atoms with E-state index in [1.54, 1.807) is 35.8 Å². The van der Waals surface area contributed by atoms with Gasteiger partial charge < -0.3 is 14.4 Å². The van der Waals surface area contributed by atoms with Crippen molar-refractivity contribution >= 4 is 22.5 Å². The van der Waals surface area contributed by atoms with Crippen LogP contribution in [0.2, 0.25) is 0 Å². The molecule has 3 rings (SSSR count). The lowest BCUT2D eigenvalue weighted by Crippen LogP contribution is -2.21. The molecule has 0 bridgehead atoms. The Morgan fingerprint density at radius 1 is 1.29 bits per heavy atom. The quantitative estimate of drug-likeness (QED) is 0.656. The number of carbonyl (C=O) groups excluding carboxylic acids is 1. The van der Waals surface area contributed by atoms with E-state index in [0.29, 0.717) is 17.9 Å². The molecule has 1 aromatic heterocycles. The second kappa shape index (κ2) is 7.92. The lowest BCUT2D eigenvalue weighted by Gasteiger charge is -2.10. The molecule has 7 heteroatoms. The fourth-order valence-corrected chi connectivity index (χ4v) is 2.90. The van der Waals surface area contributed by atoms with E-state index in [9.17, 15) is 9.90 Å². The van der Waals surface area contributed by atoms with Crippen LogP contribution in [0.5, 0.6) is 11.6 Å². The highest BCUT2D eigenvalue weighted by Gasteiger charge is 2.18. The van der Waals surface area contributed by atoms with Crippen LogP contribution in [0, 0.1) is 18.3 Å². The first-order chi connectivity index (χ1) is 13.4. The Labute approximate surface area is 162 Å². The summed E-state index contributed by atoms with van der Waals surface area (Å²) in [7, 11) is 0. The van der Waals surface area contributed by atoms with Crippen molar-refractivity contribution < 1.29 is 14.6 Å². The van der Waals surface area contributed by atoms with Crippen molar-refractivity contribution in [2.24, 2.45) is 10.2 Å². The molecule has 0 aliphatic heterocycles. The number of aryl methyl sites for hydroxylation is 2. The molecule has 1 N–H and O–H groups in total. The number of benzene rings is 2. The normalized spacial score (nSPS) is 12.2. The fraction of sp³-hybridized carbons (Fsp3) is 0.238. The number of amides is 1. The van der Waals surface area contributed by atoms with E-state index in [1.165, 1.54) is 0 Å². The summed E-state index contributed by atoms with van der Waals surface area (Å²) < 4.78 is 7.26. The molecule has 1 amide bonds. The van der Waals surface area contributed by atoms with Gasteiger partial charge in [0.1, 0.15) is 5.75 Å². The minimum Gasteiger partial charge on any atom is -0.493 e. The second-order valence-electron chi connectivity index (χ2n) is 6.37. The molecule has 0 fully saturated rings. The first-order valence-corrected chi connectivity index (χ1v) is 8.88. The molecule has 142 valence electrons. The summed E-state index contributed by atoms with van der Waals surface area (Å²) in [6.07, 6.45) is -0.861. The SMILES string of the molecule is CCn1c(O)c(N=NC(=O)[C@H](C)Oc2ccc(C#N)cc2)c2cc(C)ccc21. The third-order valence-electron chi connectivity index (χ3n) is 4.37. The van der Waals surface area contributed by atoms with Gasteiger partial charge in [0.05, 0.1) is 17.1 Å². The molecule has 0 aliphatic carbocycles. The summed E-state index contributed by atoms with van der Waals surface area (Å²) in [6, 6.07) is 14.2. The van der Waals surface area contributed by atoms with Crippen molar-refractivity contribution in [3.63, 3.8) is 0 Å². The molecular weight excluding hydrogens is 356 g/mol. The van der Waals surface area contributed by atoms with Gasteiger partial charge in [-0.05, 0) is 57.2 Å². The number of carbonyl (C=O) groups is 1. The van der Waals surface area contributed by atoms with Gasteiger partial charge in [0.2, 0.25) is 5.88 Å². The summed E-state index contributed by atoms with van der Waals surface area (Å²) in [5.41, 5.74) is 2.61. The van der Waals surface area contributed by atoms with Crippen LogP contribution in [-0.2, 0) is 11.3 Å². The molecule has 0 aliphatic rings. The summed E-state index contributed by atoms with van der Waals surface area (Å²) in [6.45, 7) is 5.99. The average Bonchev–Trinajstić information content (AvgIpc) is 2.96. The third-order valence-corrected chi connectivity index (χ3v) is 4.37. The molecule has 0 saturated heterocycles. The molecule has 7 nitrogen and oxygen atoms in total. The average molecular weight is 376 g/mol. The largest absolute Gasteiger partial charge is 0.493 e. The molecule has 2 aromatic carbocycles. The van der Waals surface area contributed by atoms with Crippen LogP contribution in [0.3, 0.4) is 0 Å². The van der Waals surface area contributed by atoms with Crippen molar-refractivity contribution in [3.05, 3.63) is 53.6 Å². The Bertz CT molecular complexity index is 1090. The highest BCUT2D eigenvalue weighted by atomic mass is 16.5. The van der Waals surface area contributed by atoms with E-state index in [4.69, 9.17) is 10.00 Å². The van der Waals surface area contributed by atoms with Crippen molar-refractivity contribution in [3.8, 4) is 17.7 Å². The van der Waals surface area contributed by atoms with Crippen molar-refractivity contribution in [2.75, 3.05) is 0 Å². The van der Waals surface area contributed by atoms with Crippen molar-refractivity contribution in [1.82, 2.24) is 4.57 Å². The van der Waals surface area contributed by atoms with Crippen LogP contribution in [-0.4, -0.2) is 21.7 Å². The maximum atomic E-state index is 12.3. The van der Waals surface area contributed by atoms with Gasteiger partial charge in [-0.1, -0.05) is 11.6 Å². The molecule has 3 aromatic rings. The van der Waals surface area contributed by atoms with Gasteiger partial charge in [0, 0.05) is 11.9 Å². The first-order valence-electron chi connectivity index (χ1n) is 8.88. The number of hydrogen-bond donors (Lipinski definition) is 1. The number of fused-ring (bicyclic) bond motifs is 1. The summed E-state index contributed by atoms with van der Waals surface area (Å²) in [5, 5.41) is 27.8. The minimum absolute atomic E-state index is 0.0275. The highest BCUT2D eigenvalue weighted by Crippen LogP contribution is 2.39. The van der Waals surface area contributed by atoms with Gasteiger partial charge in [-0.2, -0.15) is 5.26 Å². The molecule has 0 unspecified atom stereocenters. The maximum absolute atomic E-state index is 12.3. The number of hydrogen-bond acceptors (Lipinski definition) is 5. The number of nitrogens with zero attached hydrogens (tertiary/aromatic N) is 4. The van der Waals surface area contributed by atoms with Crippen molar-refractivity contribution in [1.29, 1.82) is 5.26 Å². The van der Waals surface area contributed by atoms with E-state index < -0.39 is 12.0 Å². The first kappa shape index (κ1) is 19.1. The van der Waals surface area contributed by atoms with E-state index in [2.05, 4.69) is 10.2 Å². The van der Waals surface area contributed by atoms with E-state index in [0.717, 1.165) is 16.5 Å². The predicted molar refractivity (Wildman–Crippen MR) is 105 cm³/mol. The van der Waals surface area contributed by atoms with Gasteiger partial charge in [0.15, 0.2) is 11.8 Å². The Morgan fingerprint density at radius 3 is 2.64 bits per heavy atom. The van der Waals surface area contributed by atoms with Crippen LogP contribution >= 0.6 is 0 Å². The summed E-state index contributed by atoms with van der Waals surface area (Å²) in [5.74, 6) is -0.148. The molecule has 0 radical (unpaired) electrons. The zero-order valence-corrected chi connectivity index (χ0v) is 15.9. The van der Waals surface area contributed by atoms with Crippen LogP contribution in [0.25, 0.3) is 10.9 Å². The van der Waals surface area contributed by atoms with Crippen LogP contribution < -0.4 is 4.74 Å². The van der Waals surface area contributed by atoms with Crippen LogP contribution in [0.1, 0.15) is 25.0 Å². The van der Waals surface area contributed by atoms with Gasteiger partial charge in [0.25, 0.3) is 0 Å². The molecular formula is C21H20N4O3. The van der Waals surface area contributed by atoms with Crippen molar-refractivity contribution in [2.45, 2.75) is 33.4 Å². The standard InChI is InChI=1S/C21H20N4O3/c1-4-25-18-10-5-13(2)11-17(18)19(21(25)27)23-24-20(26)14(3)28-16-8-6-15(12-22)7-9-16/h5-11,14,27H,4H2,1-3H3/t14-/m0/s1. The number of aromatic hydroxyl groups is 1. The third kappa shape index (κ3) is 3.71. The minimum atomic E-state index is -0.861. The van der Waals surface area contributed by atoms with Gasteiger partial charge in [-0.3, -0.25) is 4.79 Å². The van der Waals surface area contributed by atoms with Gasteiger partial charge >= 0.3 is 5.91 Å². The topological polar surface area (TPSA) is 100.0 Å². The van der Waals surface area contributed by atoms with E-state index in [-0.39, 0.29) is 11.6 Å². The number of aromatic nitrogens is 1. The lowest BCUT2D eigenvalue weighted by molar-refractivity contribution is -0.124. The Morgan fingerprint density at radius 2 is 2.00 bits per heavy atom. The van der Waals surface area contributed by atoms with Gasteiger partial charge in [-0.25, -0.2) is 0 Å². The number of rotatable bonds is 5. The Kier molecular flexibility index (Phi) is 5.41. The predicted octanol–water partition coefficient (Wildman–Crippen LogP) is 4.62. The molecule has 1 atom stereocenters. The lowest BCUT2D eigenvalue weighted by atomic mass is 10.1. The Balaban J connectivity index is 1.82. The number of azo groups is 1. The number of ether oxygens (including phenoxy) is 1. The monoisotopic (exact) mass is 376 g/mol. The van der Waals surface area contributed by atoms with Crippen LogP contribution in [0.4, 0.5) is 5.69 Å². The van der Waals surface area contributed by atoms with E-state index >= 15 is 0 Å². The Hall–Kier alpha value is -3.66. The smallest absolute Gasteiger partial charge is 0.304 e. The summed E-state index contributed by atoms with van der Waals surface area (Å²) >= 11 is 0. The van der Waals surface area contributed by atoms with E-state index in [1.807, 2.05) is 38.1 Å². The maximum Gasteiger partial charge on any atom is 0.304 e. The second-order valence-corrected chi connectivity index (χ2v) is 6.37. The zero-order valence-electron chi connectivity index (χ0n) is 15.9. The summed E-state index contributed by atoms with van der Waals surface area (Å²) in [4.78, 5) is 12.3. The molecule has 0 spiro atoms. The van der Waals surface area contributed by atoms with Gasteiger partial charge in [-0.15, -0.1) is 10.2 Å². The highest BCUT2D eigenvalue weighted by molar-refractivity contribution is 5.95. The fourth-order valence-electron chi connectivity index (χ4n) is 2.90. The number of nitriles is 1. The zero-order chi connectivity index (χ0) is 20.3. The molecule has 28 heavy (non-hydrogen) atoms.